The predicted molar refractivity (Wildman–Crippen MR) is 148 cm³/mol. The number of hydrogen-bond acceptors (Lipinski definition) is 7. The summed E-state index contributed by atoms with van der Waals surface area (Å²) in [6, 6.07) is 12.9. The van der Waals surface area contributed by atoms with Crippen molar-refractivity contribution in [2.75, 3.05) is 0 Å². The van der Waals surface area contributed by atoms with Crippen LogP contribution in [-0.4, -0.2) is 35.4 Å². The third kappa shape index (κ3) is 3.53. The van der Waals surface area contributed by atoms with E-state index in [1.807, 2.05) is 35.9 Å². The molecule has 0 saturated heterocycles. The number of aryl methyl sites for hydroxylation is 1. The fraction of sp³-hybridized carbons (Fsp3) is 0.214. The number of fused-ring (bicyclic) bond motifs is 4. The van der Waals surface area contributed by atoms with Crippen LogP contribution in [-0.2, 0) is 0 Å². The molecule has 1 aliphatic carbocycles. The van der Waals surface area contributed by atoms with E-state index in [0.29, 0.717) is 34.3 Å². The van der Waals surface area contributed by atoms with Crippen molar-refractivity contribution in [1.29, 1.82) is 0 Å². The van der Waals surface area contributed by atoms with E-state index in [1.165, 1.54) is 0 Å². The van der Waals surface area contributed by atoms with Gasteiger partial charge in [-0.1, -0.05) is 39.6 Å². The highest BCUT2D eigenvalue weighted by Gasteiger charge is 2.55. The standard InChI is InChI=1S/C28H19Cl2N7O2/c1-13-17-4-2-14(7-24(17)39-34-13)15-6-22(31-11-15)27-18-9-19(18)28-32-21(10-26(38)37(27)28)20-8-16(29)3-5-23(20)36-12-25(30)33-35-36/h2-5,7-8,10-12,18-19,27H,6,9H2,1H3. The van der Waals surface area contributed by atoms with Crippen LogP contribution in [0.3, 0.4) is 0 Å². The van der Waals surface area contributed by atoms with Crippen LogP contribution in [0.25, 0.3) is 33.5 Å². The Balaban J connectivity index is 1.14. The third-order valence-corrected chi connectivity index (χ3v) is 8.31. The molecule has 8 rings (SSSR count). The Hall–Kier alpha value is -4.08. The van der Waals surface area contributed by atoms with Crippen LogP contribution in [0.15, 0.2) is 69.2 Å². The van der Waals surface area contributed by atoms with Gasteiger partial charge in [-0.05, 0) is 60.7 Å². The number of nitrogens with zero attached hydrogens (tertiary/aromatic N) is 7. The molecule has 5 aromatic rings. The summed E-state index contributed by atoms with van der Waals surface area (Å²) in [5.74, 6) is 1.34. The molecule has 2 aromatic carbocycles. The SMILES string of the molecule is Cc1noc2cc(C3=CN=C(C4C5CC5c5nc(-c6cc(Cl)ccc6-n6cc(Cl)nn6)cc(=O)n54)C3)ccc12. The van der Waals surface area contributed by atoms with Crippen LogP contribution in [0.4, 0.5) is 0 Å². The second kappa shape index (κ2) is 8.21. The molecule has 11 heteroatoms. The second-order valence-corrected chi connectivity index (χ2v) is 11.1. The van der Waals surface area contributed by atoms with Gasteiger partial charge in [0.25, 0.3) is 5.56 Å². The minimum absolute atomic E-state index is 0.1000. The minimum Gasteiger partial charge on any atom is -0.356 e. The summed E-state index contributed by atoms with van der Waals surface area (Å²) in [4.78, 5) is 23.4. The maximum absolute atomic E-state index is 13.6. The predicted octanol–water partition coefficient (Wildman–Crippen LogP) is 5.79. The van der Waals surface area contributed by atoms with E-state index in [0.717, 1.165) is 45.8 Å². The smallest absolute Gasteiger partial charge is 0.254 e. The van der Waals surface area contributed by atoms with E-state index >= 15 is 0 Å². The molecule has 0 N–H and O–H groups in total. The molecule has 0 amide bonds. The highest BCUT2D eigenvalue weighted by Crippen LogP contribution is 2.59. The molecule has 39 heavy (non-hydrogen) atoms. The van der Waals surface area contributed by atoms with Gasteiger partial charge in [0.2, 0.25) is 0 Å². The zero-order valence-corrected chi connectivity index (χ0v) is 22.1. The topological polar surface area (TPSA) is 104 Å². The van der Waals surface area contributed by atoms with Gasteiger partial charge in [0, 0.05) is 46.3 Å². The molecule has 1 fully saturated rings. The third-order valence-electron chi connectivity index (χ3n) is 7.90. The lowest BCUT2D eigenvalue weighted by atomic mass is 9.97. The summed E-state index contributed by atoms with van der Waals surface area (Å²) >= 11 is 12.4. The first-order valence-corrected chi connectivity index (χ1v) is 13.3. The van der Waals surface area contributed by atoms with Crippen LogP contribution in [0.1, 0.15) is 41.9 Å². The van der Waals surface area contributed by atoms with E-state index in [4.69, 9.17) is 37.7 Å². The highest BCUT2D eigenvalue weighted by atomic mass is 35.5. The molecule has 3 unspecified atom stereocenters. The lowest BCUT2D eigenvalue weighted by Crippen LogP contribution is -2.30. The zero-order valence-electron chi connectivity index (χ0n) is 20.5. The molecular formula is C28H19Cl2N7O2. The number of rotatable bonds is 4. The Kier molecular flexibility index (Phi) is 4.81. The molecule has 3 aromatic heterocycles. The molecule has 2 aliphatic heterocycles. The number of halogens is 2. The fourth-order valence-electron chi connectivity index (χ4n) is 5.98. The number of hydrogen-bond donors (Lipinski definition) is 0. The molecule has 0 radical (unpaired) electrons. The Morgan fingerprint density at radius 1 is 1.10 bits per heavy atom. The van der Waals surface area contributed by atoms with Gasteiger partial charge in [-0.25, -0.2) is 9.67 Å². The first kappa shape index (κ1) is 22.9. The van der Waals surface area contributed by atoms with Gasteiger partial charge in [0.1, 0.15) is 5.82 Å². The summed E-state index contributed by atoms with van der Waals surface area (Å²) < 4.78 is 8.85. The van der Waals surface area contributed by atoms with Crippen molar-refractivity contribution in [3.8, 4) is 16.9 Å². The number of aromatic nitrogens is 6. The molecule has 192 valence electrons. The van der Waals surface area contributed by atoms with E-state index in [1.54, 1.807) is 29.1 Å². The van der Waals surface area contributed by atoms with E-state index < -0.39 is 0 Å². The van der Waals surface area contributed by atoms with Gasteiger partial charge >= 0.3 is 0 Å². The Bertz CT molecular complexity index is 1970. The molecule has 0 bridgehead atoms. The first-order chi connectivity index (χ1) is 18.9. The summed E-state index contributed by atoms with van der Waals surface area (Å²) in [6.45, 7) is 1.93. The van der Waals surface area contributed by atoms with Crippen LogP contribution in [0, 0.1) is 12.8 Å². The number of aliphatic imine (C=N–C) groups is 1. The maximum Gasteiger partial charge on any atom is 0.254 e. The van der Waals surface area contributed by atoms with Crippen molar-refractivity contribution >= 4 is 45.5 Å². The van der Waals surface area contributed by atoms with Crippen molar-refractivity contribution in [3.63, 3.8) is 0 Å². The lowest BCUT2D eigenvalue weighted by molar-refractivity contribution is 0.450. The van der Waals surface area contributed by atoms with Crippen molar-refractivity contribution in [3.05, 3.63) is 92.5 Å². The van der Waals surface area contributed by atoms with Crippen molar-refractivity contribution in [1.82, 2.24) is 29.7 Å². The van der Waals surface area contributed by atoms with Gasteiger partial charge in [-0.2, -0.15) is 0 Å². The van der Waals surface area contributed by atoms with Gasteiger partial charge < -0.3 is 4.52 Å². The fourth-order valence-corrected chi connectivity index (χ4v) is 6.28. The average molecular weight is 556 g/mol. The monoisotopic (exact) mass is 555 g/mol. The quantitative estimate of drug-likeness (QED) is 0.278. The van der Waals surface area contributed by atoms with Crippen LogP contribution < -0.4 is 5.56 Å². The second-order valence-electron chi connectivity index (χ2n) is 10.2. The van der Waals surface area contributed by atoms with E-state index in [2.05, 4.69) is 21.5 Å². The number of allylic oxidation sites excluding steroid dienone is 1. The molecule has 9 nitrogen and oxygen atoms in total. The highest BCUT2D eigenvalue weighted by molar-refractivity contribution is 6.31. The van der Waals surface area contributed by atoms with Crippen molar-refractivity contribution < 1.29 is 4.52 Å². The summed E-state index contributed by atoms with van der Waals surface area (Å²) in [6.07, 6.45) is 5.17. The van der Waals surface area contributed by atoms with Crippen molar-refractivity contribution in [2.45, 2.75) is 31.7 Å². The maximum atomic E-state index is 13.6. The lowest BCUT2D eigenvalue weighted by Gasteiger charge is -2.19. The molecular weight excluding hydrogens is 537 g/mol. The summed E-state index contributed by atoms with van der Waals surface area (Å²) in [7, 11) is 0. The molecule has 3 atom stereocenters. The van der Waals surface area contributed by atoms with Crippen molar-refractivity contribution in [2.24, 2.45) is 10.9 Å². The zero-order chi connectivity index (χ0) is 26.4. The Morgan fingerprint density at radius 2 is 2.00 bits per heavy atom. The first-order valence-electron chi connectivity index (χ1n) is 12.6. The normalized spacial score (nSPS) is 21.2. The molecule has 0 spiro atoms. The Morgan fingerprint density at radius 3 is 2.85 bits per heavy atom. The van der Waals surface area contributed by atoms with Gasteiger partial charge in [-0.3, -0.25) is 14.4 Å². The largest absolute Gasteiger partial charge is 0.356 e. The van der Waals surface area contributed by atoms with Crippen LogP contribution >= 0.6 is 23.2 Å². The summed E-state index contributed by atoms with van der Waals surface area (Å²) in [5, 5.41) is 13.8. The molecule has 5 heterocycles. The van der Waals surface area contributed by atoms with E-state index in [9.17, 15) is 4.79 Å². The summed E-state index contributed by atoms with van der Waals surface area (Å²) in [5.41, 5.74) is 6.57. The van der Waals surface area contributed by atoms with Gasteiger partial charge in [-0.15, -0.1) is 5.10 Å². The number of benzene rings is 2. The van der Waals surface area contributed by atoms with Gasteiger partial charge in [0.15, 0.2) is 10.7 Å². The average Bonchev–Trinajstić information content (AvgIpc) is 3.28. The molecule has 3 aliphatic rings. The molecule has 1 saturated carbocycles. The van der Waals surface area contributed by atoms with Gasteiger partial charge in [0.05, 0.1) is 29.3 Å². The van der Waals surface area contributed by atoms with Crippen LogP contribution in [0.5, 0.6) is 0 Å². The van der Waals surface area contributed by atoms with Crippen LogP contribution in [0.2, 0.25) is 10.2 Å². The minimum atomic E-state index is -0.107. The van der Waals surface area contributed by atoms with E-state index in [-0.39, 0.29) is 22.7 Å². The Labute approximate surface area is 231 Å².